The van der Waals surface area contributed by atoms with Crippen molar-refractivity contribution in [3.63, 3.8) is 0 Å². The van der Waals surface area contributed by atoms with Gasteiger partial charge in [-0.15, -0.1) is 0 Å². The first kappa shape index (κ1) is 15.2. The molecule has 0 spiro atoms. The lowest BCUT2D eigenvalue weighted by atomic mass is 10.5. The number of carboxylic acid groups (broad SMARTS) is 1. The minimum atomic E-state index is -1.18. The first-order valence-corrected chi connectivity index (χ1v) is 4.95. The normalized spacial score (nSPS) is 9.29. The van der Waals surface area contributed by atoms with Gasteiger partial charge in [0.15, 0.2) is 0 Å². The summed E-state index contributed by atoms with van der Waals surface area (Å²) in [5.41, 5.74) is 0. The van der Waals surface area contributed by atoms with Crippen LogP contribution in [0.15, 0.2) is 0 Å². The summed E-state index contributed by atoms with van der Waals surface area (Å²) in [6, 6.07) is 0. The number of carboxylic acids is 1. The highest BCUT2D eigenvalue weighted by Gasteiger charge is 2.11. The number of aliphatic carboxylic acids is 1. The monoisotopic (exact) mass is 263 g/mol. The average Bonchev–Trinajstić information content (AvgIpc) is 2.23. The number of rotatable bonds is 6. The van der Waals surface area contributed by atoms with Crippen molar-refractivity contribution < 1.29 is 24.3 Å². The molecule has 0 aliphatic rings. The molecule has 0 saturated carbocycles. The zero-order valence-electron chi connectivity index (χ0n) is 9.10. The first-order valence-electron chi connectivity index (χ1n) is 4.55. The zero-order chi connectivity index (χ0) is 13.4. The third-order valence-corrected chi connectivity index (χ3v) is 1.96. The lowest BCUT2D eigenvalue weighted by Crippen LogP contribution is -2.42. The van der Waals surface area contributed by atoms with Crippen LogP contribution in [0.4, 0.5) is 0 Å². The topological polar surface area (TPSA) is 116 Å². The van der Waals surface area contributed by atoms with Gasteiger partial charge in [-0.25, -0.2) is 0 Å². The molecule has 0 aromatic rings. The number of carbonyl (C=O) groups excluding carboxylic acids is 3. The minimum absolute atomic E-state index is 0.287. The summed E-state index contributed by atoms with van der Waals surface area (Å²) in [5, 5.41) is 12.5. The standard InChI is InChI=1S/C8H13N3O5S/c1-5(12)11(17)4-7(14)9-2-6(13)10-3-8(15)16/h17H,2-4H2,1H3,(H,9,14)(H,10,13)(H,15,16). The molecule has 8 nitrogen and oxygen atoms in total. The van der Waals surface area contributed by atoms with E-state index in [-0.39, 0.29) is 13.1 Å². The molecular formula is C8H13N3O5S. The summed E-state index contributed by atoms with van der Waals surface area (Å²) in [6.45, 7) is 0.0803. The maximum absolute atomic E-state index is 11.2. The summed E-state index contributed by atoms with van der Waals surface area (Å²) < 4.78 is 0.879. The number of thiol groups is 1. The van der Waals surface area contributed by atoms with Gasteiger partial charge in [-0.05, 0) is 0 Å². The van der Waals surface area contributed by atoms with Crippen LogP contribution in [0.3, 0.4) is 0 Å². The van der Waals surface area contributed by atoms with Crippen molar-refractivity contribution in [2.24, 2.45) is 0 Å². The molecular weight excluding hydrogens is 250 g/mol. The number of nitrogens with one attached hydrogen (secondary N) is 2. The molecule has 96 valence electrons. The van der Waals surface area contributed by atoms with Gasteiger partial charge in [0.05, 0.1) is 6.54 Å². The Morgan fingerprint density at radius 1 is 1.12 bits per heavy atom. The molecule has 0 unspecified atom stereocenters. The van der Waals surface area contributed by atoms with E-state index in [1.807, 2.05) is 0 Å². The van der Waals surface area contributed by atoms with E-state index >= 15 is 0 Å². The molecule has 0 aromatic carbocycles. The number of hydrogen-bond donors (Lipinski definition) is 4. The van der Waals surface area contributed by atoms with E-state index in [0.717, 1.165) is 4.31 Å². The number of carbonyl (C=O) groups is 4. The lowest BCUT2D eigenvalue weighted by molar-refractivity contribution is -0.138. The predicted octanol–water partition coefficient (Wildman–Crippen LogP) is -2.00. The van der Waals surface area contributed by atoms with Gasteiger partial charge >= 0.3 is 5.97 Å². The number of amides is 3. The third kappa shape index (κ3) is 8.08. The highest BCUT2D eigenvalue weighted by molar-refractivity contribution is 7.78. The van der Waals surface area contributed by atoms with Gasteiger partial charge in [-0.1, -0.05) is 12.8 Å². The van der Waals surface area contributed by atoms with Crippen molar-refractivity contribution in [3.8, 4) is 0 Å². The van der Waals surface area contributed by atoms with Crippen LogP contribution in [0.2, 0.25) is 0 Å². The average molecular weight is 263 g/mol. The second-order valence-electron chi connectivity index (χ2n) is 3.02. The zero-order valence-corrected chi connectivity index (χ0v) is 9.99. The van der Waals surface area contributed by atoms with Crippen LogP contribution < -0.4 is 10.6 Å². The molecule has 0 atom stereocenters. The van der Waals surface area contributed by atoms with Crippen LogP contribution >= 0.6 is 12.8 Å². The number of nitrogens with zero attached hydrogens (tertiary/aromatic N) is 1. The van der Waals surface area contributed by atoms with Crippen LogP contribution in [0.1, 0.15) is 6.92 Å². The Kier molecular flexibility index (Phi) is 6.71. The van der Waals surface area contributed by atoms with E-state index < -0.39 is 30.2 Å². The fraction of sp³-hybridized carbons (Fsp3) is 0.500. The molecule has 0 saturated heterocycles. The van der Waals surface area contributed by atoms with Crippen molar-refractivity contribution in [3.05, 3.63) is 0 Å². The van der Waals surface area contributed by atoms with E-state index in [4.69, 9.17) is 5.11 Å². The van der Waals surface area contributed by atoms with Gasteiger partial charge in [0, 0.05) is 6.92 Å². The van der Waals surface area contributed by atoms with Gasteiger partial charge in [0.25, 0.3) is 0 Å². The smallest absolute Gasteiger partial charge is 0.322 e. The van der Waals surface area contributed by atoms with Gasteiger partial charge in [0.2, 0.25) is 17.7 Å². The Hall–Kier alpha value is -1.77. The van der Waals surface area contributed by atoms with E-state index in [9.17, 15) is 19.2 Å². The Bertz CT molecular complexity index is 333. The molecule has 3 amide bonds. The van der Waals surface area contributed by atoms with Crippen molar-refractivity contribution in [2.45, 2.75) is 6.92 Å². The Morgan fingerprint density at radius 3 is 2.12 bits per heavy atom. The first-order chi connectivity index (χ1) is 7.82. The van der Waals surface area contributed by atoms with Crippen LogP contribution in [0.25, 0.3) is 0 Å². The SMILES string of the molecule is CC(=O)N(S)CC(=O)NCC(=O)NCC(=O)O. The summed E-state index contributed by atoms with van der Waals surface area (Å²) in [6.07, 6.45) is 0. The lowest BCUT2D eigenvalue weighted by Gasteiger charge is -2.12. The molecule has 0 bridgehead atoms. The maximum Gasteiger partial charge on any atom is 0.322 e. The maximum atomic E-state index is 11.2. The second-order valence-corrected chi connectivity index (χ2v) is 3.51. The Balaban J connectivity index is 3.80. The highest BCUT2D eigenvalue weighted by Crippen LogP contribution is 1.92. The molecule has 3 N–H and O–H groups in total. The quantitative estimate of drug-likeness (QED) is 0.413. The Labute approximate surface area is 103 Å². The van der Waals surface area contributed by atoms with E-state index in [2.05, 4.69) is 23.4 Å². The van der Waals surface area contributed by atoms with Crippen LogP contribution in [0, 0.1) is 0 Å². The molecule has 0 fully saturated rings. The molecule has 0 aliphatic carbocycles. The minimum Gasteiger partial charge on any atom is -0.480 e. The Morgan fingerprint density at radius 2 is 1.65 bits per heavy atom. The molecule has 9 heteroatoms. The van der Waals surface area contributed by atoms with Crippen LogP contribution in [-0.2, 0) is 19.2 Å². The summed E-state index contributed by atoms with van der Waals surface area (Å²) in [5.74, 6) is -2.78. The van der Waals surface area contributed by atoms with Gasteiger partial charge in [-0.3, -0.25) is 23.5 Å². The van der Waals surface area contributed by atoms with Crippen LogP contribution in [0.5, 0.6) is 0 Å². The van der Waals surface area contributed by atoms with E-state index in [1.165, 1.54) is 6.92 Å². The van der Waals surface area contributed by atoms with Crippen molar-refractivity contribution in [1.29, 1.82) is 0 Å². The molecule has 0 aliphatic heterocycles. The summed E-state index contributed by atoms with van der Waals surface area (Å²) >= 11 is 3.72. The largest absolute Gasteiger partial charge is 0.480 e. The summed E-state index contributed by atoms with van der Waals surface area (Å²) in [7, 11) is 0. The van der Waals surface area contributed by atoms with E-state index in [1.54, 1.807) is 0 Å². The third-order valence-electron chi connectivity index (χ3n) is 1.54. The predicted molar refractivity (Wildman–Crippen MR) is 60.0 cm³/mol. The molecule has 0 rings (SSSR count). The van der Waals surface area contributed by atoms with Crippen molar-refractivity contribution in [2.75, 3.05) is 19.6 Å². The highest BCUT2D eigenvalue weighted by atomic mass is 32.1. The van der Waals surface area contributed by atoms with E-state index in [0.29, 0.717) is 0 Å². The molecule has 0 aromatic heterocycles. The summed E-state index contributed by atoms with van der Waals surface area (Å²) in [4.78, 5) is 43.0. The molecule has 17 heavy (non-hydrogen) atoms. The van der Waals surface area contributed by atoms with Crippen LogP contribution in [-0.4, -0.2) is 52.7 Å². The molecule has 0 radical (unpaired) electrons. The number of hydrogen-bond acceptors (Lipinski definition) is 5. The van der Waals surface area contributed by atoms with Gasteiger partial charge in [0.1, 0.15) is 13.1 Å². The molecule has 0 heterocycles. The second kappa shape index (κ2) is 7.49. The fourth-order valence-corrected chi connectivity index (χ4v) is 0.847. The van der Waals surface area contributed by atoms with Gasteiger partial charge < -0.3 is 15.7 Å². The van der Waals surface area contributed by atoms with Gasteiger partial charge in [-0.2, -0.15) is 0 Å². The van der Waals surface area contributed by atoms with Crippen molar-refractivity contribution in [1.82, 2.24) is 14.9 Å². The fourth-order valence-electron chi connectivity index (χ4n) is 0.719. The van der Waals surface area contributed by atoms with Crippen molar-refractivity contribution >= 4 is 36.5 Å².